The van der Waals surface area contributed by atoms with Gasteiger partial charge in [-0.25, -0.2) is 0 Å². The average molecular weight is 206 g/mol. The Balaban J connectivity index is 2.72. The molecule has 3 nitrogen and oxygen atoms in total. The number of fused-ring (bicyclic) bond motifs is 1. The maximum Gasteiger partial charge on any atom is 0.170 e. The number of hydrogen-bond acceptors (Lipinski definition) is 3. The van der Waals surface area contributed by atoms with Crippen LogP contribution in [0.2, 0.25) is 0 Å². The van der Waals surface area contributed by atoms with Gasteiger partial charge >= 0.3 is 0 Å². The summed E-state index contributed by atoms with van der Waals surface area (Å²) < 4.78 is 5.49. The van der Waals surface area contributed by atoms with Crippen LogP contribution >= 0.6 is 0 Å². The van der Waals surface area contributed by atoms with E-state index in [-0.39, 0.29) is 12.4 Å². The van der Waals surface area contributed by atoms with E-state index < -0.39 is 0 Å². The van der Waals surface area contributed by atoms with Crippen LogP contribution in [0.1, 0.15) is 33.5 Å². The van der Waals surface area contributed by atoms with Crippen molar-refractivity contribution in [1.82, 2.24) is 0 Å². The first-order chi connectivity index (χ1) is 7.15. The van der Waals surface area contributed by atoms with Crippen LogP contribution in [0, 0.1) is 13.8 Å². The second-order valence-electron chi connectivity index (χ2n) is 3.87. The molecule has 1 heterocycles. The molecule has 0 amide bonds. The average Bonchev–Trinajstić information content (AvgIpc) is 2.20. The van der Waals surface area contributed by atoms with Gasteiger partial charge in [-0.15, -0.1) is 0 Å². The summed E-state index contributed by atoms with van der Waals surface area (Å²) in [5.74, 6) is 0.730. The molecule has 0 bridgehead atoms. The number of ether oxygens (including phenoxy) is 1. The number of hydrogen-bond donors (Lipinski definition) is 1. The summed E-state index contributed by atoms with van der Waals surface area (Å²) in [5, 5.41) is 9.28. The number of Topliss-reactive ketones (excluding diaryl/α,β-unsaturated/α-hetero) is 1. The van der Waals surface area contributed by atoms with Crippen molar-refractivity contribution in [3.63, 3.8) is 0 Å². The zero-order valence-corrected chi connectivity index (χ0v) is 8.96. The van der Waals surface area contributed by atoms with Gasteiger partial charge in [-0.2, -0.15) is 0 Å². The lowest BCUT2D eigenvalue weighted by Crippen LogP contribution is -2.19. The summed E-state index contributed by atoms with van der Waals surface area (Å²) in [6, 6.07) is 1.95. The Morgan fingerprint density at radius 1 is 1.40 bits per heavy atom. The highest BCUT2D eigenvalue weighted by molar-refractivity contribution is 6.01. The molecule has 1 aromatic rings. The third-order valence-corrected chi connectivity index (χ3v) is 2.81. The van der Waals surface area contributed by atoms with Gasteiger partial charge in [-0.1, -0.05) is 6.07 Å². The molecule has 0 fully saturated rings. The molecule has 0 atom stereocenters. The third kappa shape index (κ3) is 1.53. The molecule has 1 aliphatic rings. The molecule has 0 spiro atoms. The monoisotopic (exact) mass is 206 g/mol. The minimum absolute atomic E-state index is 0.0760. The van der Waals surface area contributed by atoms with Gasteiger partial charge in [0.05, 0.1) is 18.8 Å². The van der Waals surface area contributed by atoms with Crippen molar-refractivity contribution < 1.29 is 14.6 Å². The summed E-state index contributed by atoms with van der Waals surface area (Å²) in [4.78, 5) is 11.8. The van der Waals surface area contributed by atoms with Crippen LogP contribution in [-0.2, 0) is 6.61 Å². The molecular formula is C12H14O3. The first-order valence-corrected chi connectivity index (χ1v) is 5.05. The standard InChI is InChI=1S/C12H14O3/c1-7-5-8(2)12-11(9(7)6-13)10(14)3-4-15-12/h5,13H,3-4,6H2,1-2H3. The number of carbonyl (C=O) groups excluding carboxylic acids is 1. The van der Waals surface area contributed by atoms with Gasteiger partial charge in [0.1, 0.15) is 5.75 Å². The van der Waals surface area contributed by atoms with Gasteiger partial charge in [0, 0.05) is 6.42 Å². The number of aryl methyl sites for hydroxylation is 2. The Kier molecular flexibility index (Phi) is 2.49. The Labute approximate surface area is 88.7 Å². The van der Waals surface area contributed by atoms with E-state index in [1.54, 1.807) is 0 Å². The fourth-order valence-corrected chi connectivity index (χ4v) is 2.06. The minimum atomic E-state index is -0.108. The molecule has 1 N–H and O–H groups in total. The van der Waals surface area contributed by atoms with Crippen molar-refractivity contribution in [3.8, 4) is 5.75 Å². The van der Waals surface area contributed by atoms with E-state index in [9.17, 15) is 9.90 Å². The first-order valence-electron chi connectivity index (χ1n) is 5.05. The van der Waals surface area contributed by atoms with Crippen molar-refractivity contribution >= 4 is 5.78 Å². The lowest BCUT2D eigenvalue weighted by Gasteiger charge is -2.22. The fourth-order valence-electron chi connectivity index (χ4n) is 2.06. The molecule has 0 saturated carbocycles. The molecule has 0 aromatic heterocycles. The van der Waals surface area contributed by atoms with Crippen LogP contribution in [-0.4, -0.2) is 17.5 Å². The summed E-state index contributed by atoms with van der Waals surface area (Å²) in [6.45, 7) is 4.16. The van der Waals surface area contributed by atoms with Crippen LogP contribution in [0.5, 0.6) is 5.75 Å². The molecule has 80 valence electrons. The summed E-state index contributed by atoms with van der Waals surface area (Å²) in [6.07, 6.45) is 0.406. The molecule has 3 heteroatoms. The Hall–Kier alpha value is -1.35. The second-order valence-corrected chi connectivity index (χ2v) is 3.87. The molecule has 2 rings (SSSR count). The molecule has 0 unspecified atom stereocenters. The number of aliphatic hydroxyl groups excluding tert-OH is 1. The third-order valence-electron chi connectivity index (χ3n) is 2.81. The van der Waals surface area contributed by atoms with E-state index in [0.717, 1.165) is 11.1 Å². The zero-order chi connectivity index (χ0) is 11.0. The second kappa shape index (κ2) is 3.66. The van der Waals surface area contributed by atoms with E-state index >= 15 is 0 Å². The lowest BCUT2D eigenvalue weighted by molar-refractivity contribution is 0.0928. The largest absolute Gasteiger partial charge is 0.492 e. The van der Waals surface area contributed by atoms with Gasteiger partial charge in [-0.3, -0.25) is 4.79 Å². The quantitative estimate of drug-likeness (QED) is 0.761. The molecule has 15 heavy (non-hydrogen) atoms. The van der Waals surface area contributed by atoms with E-state index in [2.05, 4.69) is 0 Å². The molecule has 0 saturated heterocycles. The summed E-state index contributed by atoms with van der Waals surface area (Å²) in [5.41, 5.74) is 3.21. The Morgan fingerprint density at radius 3 is 2.80 bits per heavy atom. The number of benzene rings is 1. The smallest absolute Gasteiger partial charge is 0.170 e. The van der Waals surface area contributed by atoms with Crippen molar-refractivity contribution in [2.75, 3.05) is 6.61 Å². The number of ketones is 1. The topological polar surface area (TPSA) is 46.5 Å². The summed E-state index contributed by atoms with van der Waals surface area (Å²) >= 11 is 0. The molecule has 1 aromatic carbocycles. The Bertz CT molecular complexity index is 401. The Morgan fingerprint density at radius 2 is 2.13 bits per heavy atom. The zero-order valence-electron chi connectivity index (χ0n) is 8.96. The van der Waals surface area contributed by atoms with Crippen molar-refractivity contribution in [3.05, 3.63) is 28.3 Å². The van der Waals surface area contributed by atoms with Crippen molar-refractivity contribution in [2.24, 2.45) is 0 Å². The predicted molar refractivity (Wildman–Crippen MR) is 56.3 cm³/mol. The summed E-state index contributed by atoms with van der Waals surface area (Å²) in [7, 11) is 0. The number of rotatable bonds is 1. The van der Waals surface area contributed by atoms with Gasteiger partial charge in [0.25, 0.3) is 0 Å². The number of aliphatic hydroxyl groups is 1. The van der Waals surface area contributed by atoms with Crippen LogP contribution in [0.15, 0.2) is 6.07 Å². The number of carbonyl (C=O) groups is 1. The highest BCUT2D eigenvalue weighted by Crippen LogP contribution is 2.33. The fraction of sp³-hybridized carbons (Fsp3) is 0.417. The van der Waals surface area contributed by atoms with E-state index in [4.69, 9.17) is 4.74 Å². The van der Waals surface area contributed by atoms with Gasteiger partial charge in [0.15, 0.2) is 5.78 Å². The first kappa shape index (κ1) is 10.2. The highest BCUT2D eigenvalue weighted by Gasteiger charge is 2.24. The van der Waals surface area contributed by atoms with Crippen LogP contribution < -0.4 is 4.74 Å². The minimum Gasteiger partial charge on any atom is -0.492 e. The van der Waals surface area contributed by atoms with Crippen LogP contribution in [0.4, 0.5) is 0 Å². The maximum atomic E-state index is 11.8. The highest BCUT2D eigenvalue weighted by atomic mass is 16.5. The van der Waals surface area contributed by atoms with Gasteiger partial charge in [-0.05, 0) is 30.5 Å². The SMILES string of the molecule is Cc1cc(C)c2c(c1CO)C(=O)CCO2. The predicted octanol–water partition coefficient (Wildman–Crippen LogP) is 1.76. The molecule has 0 aliphatic carbocycles. The molecular weight excluding hydrogens is 192 g/mol. The van der Waals surface area contributed by atoms with Crippen molar-refractivity contribution in [1.29, 1.82) is 0 Å². The van der Waals surface area contributed by atoms with Crippen LogP contribution in [0.3, 0.4) is 0 Å². The van der Waals surface area contributed by atoms with Crippen LogP contribution in [0.25, 0.3) is 0 Å². The van der Waals surface area contributed by atoms with Crippen molar-refractivity contribution in [2.45, 2.75) is 26.9 Å². The molecule has 1 aliphatic heterocycles. The van der Waals surface area contributed by atoms with E-state index in [0.29, 0.717) is 29.9 Å². The molecule has 0 radical (unpaired) electrons. The maximum absolute atomic E-state index is 11.8. The van der Waals surface area contributed by atoms with E-state index in [1.165, 1.54) is 0 Å². The lowest BCUT2D eigenvalue weighted by atomic mass is 9.92. The normalized spacial score (nSPS) is 14.7. The van der Waals surface area contributed by atoms with Gasteiger partial charge < -0.3 is 9.84 Å². The van der Waals surface area contributed by atoms with Gasteiger partial charge in [0.2, 0.25) is 0 Å². The van der Waals surface area contributed by atoms with E-state index in [1.807, 2.05) is 19.9 Å².